The fourth-order valence-electron chi connectivity index (χ4n) is 1.18. The highest BCUT2D eigenvalue weighted by molar-refractivity contribution is 5.97. The third-order valence-electron chi connectivity index (χ3n) is 2.17. The minimum absolute atomic E-state index is 0.222. The van der Waals surface area contributed by atoms with E-state index in [-0.39, 0.29) is 11.6 Å². The Labute approximate surface area is 99.7 Å². The molecule has 1 amide bonds. The van der Waals surface area contributed by atoms with Crippen LogP contribution in [0.2, 0.25) is 0 Å². The number of carbonyl (C=O) groups excluding carboxylic acids is 1. The molecule has 0 aliphatic carbocycles. The Balaban J connectivity index is 2.24. The van der Waals surface area contributed by atoms with E-state index in [4.69, 9.17) is 15.2 Å². The van der Waals surface area contributed by atoms with Crippen LogP contribution in [0.4, 0.5) is 5.69 Å². The van der Waals surface area contributed by atoms with Crippen molar-refractivity contribution in [1.29, 1.82) is 0 Å². The third-order valence-corrected chi connectivity index (χ3v) is 2.17. The van der Waals surface area contributed by atoms with Crippen LogP contribution >= 0.6 is 0 Å². The van der Waals surface area contributed by atoms with Crippen LogP contribution in [0, 0.1) is 6.92 Å². The number of H-pyrrole nitrogens is 1. The fraction of sp³-hybridized carbons (Fsp3) is 0.600. The molecule has 7 heteroatoms. The lowest BCUT2D eigenvalue weighted by atomic mass is 10.3. The molecule has 0 radical (unpaired) electrons. The van der Waals surface area contributed by atoms with Gasteiger partial charge in [-0.25, -0.2) is 0 Å². The second-order valence-electron chi connectivity index (χ2n) is 3.47. The molecule has 0 saturated carbocycles. The Morgan fingerprint density at radius 1 is 1.47 bits per heavy atom. The number of nitrogens with zero attached hydrogens (tertiary/aromatic N) is 1. The van der Waals surface area contributed by atoms with Gasteiger partial charge in [-0.3, -0.25) is 9.89 Å². The molecule has 17 heavy (non-hydrogen) atoms. The van der Waals surface area contributed by atoms with Gasteiger partial charge in [-0.1, -0.05) is 0 Å². The standard InChI is InChI=1S/C10H18N4O3/c1-7-8(11)9(14-13-7)10(15)12-3-4-17-6-5-16-2/h3-6,11H2,1-2H3,(H,12,15)(H,13,14). The molecule has 0 atom stereocenters. The van der Waals surface area contributed by atoms with Gasteiger partial charge in [-0.2, -0.15) is 5.10 Å². The van der Waals surface area contributed by atoms with E-state index in [0.717, 1.165) is 0 Å². The highest BCUT2D eigenvalue weighted by Crippen LogP contribution is 2.11. The van der Waals surface area contributed by atoms with Crippen molar-refractivity contribution >= 4 is 11.6 Å². The molecule has 0 aliphatic rings. The Kier molecular flexibility index (Phi) is 5.44. The predicted molar refractivity (Wildman–Crippen MR) is 62.8 cm³/mol. The zero-order valence-electron chi connectivity index (χ0n) is 10.1. The maximum Gasteiger partial charge on any atom is 0.274 e. The quantitative estimate of drug-likeness (QED) is 0.569. The summed E-state index contributed by atoms with van der Waals surface area (Å²) >= 11 is 0. The number of ether oxygens (including phenoxy) is 2. The van der Waals surface area contributed by atoms with Crippen molar-refractivity contribution in [2.24, 2.45) is 0 Å². The third kappa shape index (κ3) is 4.04. The van der Waals surface area contributed by atoms with E-state index in [1.54, 1.807) is 14.0 Å². The van der Waals surface area contributed by atoms with Crippen LogP contribution in [0.5, 0.6) is 0 Å². The molecule has 0 fully saturated rings. The summed E-state index contributed by atoms with van der Waals surface area (Å²) in [7, 11) is 1.60. The van der Waals surface area contributed by atoms with Crippen LogP contribution in [0.3, 0.4) is 0 Å². The minimum atomic E-state index is -0.304. The zero-order valence-corrected chi connectivity index (χ0v) is 10.1. The average molecular weight is 242 g/mol. The van der Waals surface area contributed by atoms with Crippen molar-refractivity contribution in [3.05, 3.63) is 11.4 Å². The van der Waals surface area contributed by atoms with Gasteiger partial charge in [-0.05, 0) is 6.92 Å². The molecule has 96 valence electrons. The van der Waals surface area contributed by atoms with Gasteiger partial charge < -0.3 is 20.5 Å². The van der Waals surface area contributed by atoms with Crippen LogP contribution < -0.4 is 11.1 Å². The van der Waals surface area contributed by atoms with E-state index in [1.165, 1.54) is 0 Å². The summed E-state index contributed by atoms with van der Waals surface area (Å²) in [4.78, 5) is 11.6. The molecule has 0 aliphatic heterocycles. The lowest BCUT2D eigenvalue weighted by Crippen LogP contribution is -2.28. The van der Waals surface area contributed by atoms with Crippen LogP contribution in [-0.2, 0) is 9.47 Å². The Hall–Kier alpha value is -1.60. The molecule has 1 rings (SSSR count). The number of hydrogen-bond donors (Lipinski definition) is 3. The Bertz CT molecular complexity index is 364. The van der Waals surface area contributed by atoms with Gasteiger partial charge in [0.1, 0.15) is 0 Å². The molecule has 0 unspecified atom stereocenters. The first kappa shape index (κ1) is 13.5. The van der Waals surface area contributed by atoms with Crippen LogP contribution in [-0.4, -0.2) is 49.6 Å². The van der Waals surface area contributed by atoms with Gasteiger partial charge >= 0.3 is 0 Å². The molecule has 0 aromatic carbocycles. The van der Waals surface area contributed by atoms with Crippen molar-refractivity contribution in [3.8, 4) is 0 Å². The normalized spacial score (nSPS) is 10.5. The van der Waals surface area contributed by atoms with Crippen molar-refractivity contribution in [2.45, 2.75) is 6.92 Å². The molecular formula is C10H18N4O3. The molecule has 4 N–H and O–H groups in total. The number of anilines is 1. The summed E-state index contributed by atoms with van der Waals surface area (Å²) in [6, 6.07) is 0. The number of aryl methyl sites for hydroxylation is 1. The molecule has 1 aromatic heterocycles. The van der Waals surface area contributed by atoms with E-state index in [2.05, 4.69) is 15.5 Å². The molecule has 1 heterocycles. The first-order chi connectivity index (χ1) is 8.16. The van der Waals surface area contributed by atoms with E-state index in [9.17, 15) is 4.79 Å². The van der Waals surface area contributed by atoms with E-state index >= 15 is 0 Å². The lowest BCUT2D eigenvalue weighted by Gasteiger charge is -2.05. The van der Waals surface area contributed by atoms with E-state index < -0.39 is 0 Å². The first-order valence-corrected chi connectivity index (χ1v) is 5.32. The maximum atomic E-state index is 11.6. The Morgan fingerprint density at radius 3 is 2.82 bits per heavy atom. The largest absolute Gasteiger partial charge is 0.395 e. The molecule has 7 nitrogen and oxygen atoms in total. The molecular weight excluding hydrogens is 224 g/mol. The number of nitrogens with two attached hydrogens (primary N) is 1. The van der Waals surface area contributed by atoms with Gasteiger partial charge in [0, 0.05) is 13.7 Å². The van der Waals surface area contributed by atoms with Crippen molar-refractivity contribution in [1.82, 2.24) is 15.5 Å². The summed E-state index contributed by atoms with van der Waals surface area (Å²) in [6.07, 6.45) is 0. The number of aromatic amines is 1. The highest BCUT2D eigenvalue weighted by Gasteiger charge is 2.14. The van der Waals surface area contributed by atoms with E-state index in [1.807, 2.05) is 0 Å². The van der Waals surface area contributed by atoms with Gasteiger partial charge in [0.2, 0.25) is 0 Å². The zero-order chi connectivity index (χ0) is 12.7. The summed E-state index contributed by atoms with van der Waals surface area (Å²) in [6.45, 7) is 3.65. The van der Waals surface area contributed by atoms with Gasteiger partial charge in [0.15, 0.2) is 5.69 Å². The van der Waals surface area contributed by atoms with Gasteiger partial charge in [-0.15, -0.1) is 0 Å². The number of nitrogens with one attached hydrogen (secondary N) is 2. The highest BCUT2D eigenvalue weighted by atomic mass is 16.5. The number of rotatable bonds is 7. The van der Waals surface area contributed by atoms with Crippen LogP contribution in [0.1, 0.15) is 16.2 Å². The maximum absolute atomic E-state index is 11.6. The number of methoxy groups -OCH3 is 1. The topological polar surface area (TPSA) is 102 Å². The monoisotopic (exact) mass is 242 g/mol. The number of carbonyl (C=O) groups is 1. The van der Waals surface area contributed by atoms with Crippen molar-refractivity contribution in [3.63, 3.8) is 0 Å². The number of aromatic nitrogens is 2. The van der Waals surface area contributed by atoms with Crippen LogP contribution in [0.15, 0.2) is 0 Å². The summed E-state index contributed by atoms with van der Waals surface area (Å²) in [5.74, 6) is -0.304. The Morgan fingerprint density at radius 2 is 2.24 bits per heavy atom. The number of amides is 1. The second-order valence-corrected chi connectivity index (χ2v) is 3.47. The molecule has 1 aromatic rings. The molecule has 0 spiro atoms. The van der Waals surface area contributed by atoms with Gasteiger partial charge in [0.25, 0.3) is 5.91 Å². The van der Waals surface area contributed by atoms with E-state index in [0.29, 0.717) is 37.7 Å². The summed E-state index contributed by atoms with van der Waals surface area (Å²) < 4.78 is 10.0. The fourth-order valence-corrected chi connectivity index (χ4v) is 1.18. The van der Waals surface area contributed by atoms with Gasteiger partial charge in [0.05, 0.1) is 31.2 Å². The number of hydrogen-bond acceptors (Lipinski definition) is 5. The van der Waals surface area contributed by atoms with Crippen molar-refractivity contribution < 1.29 is 14.3 Å². The minimum Gasteiger partial charge on any atom is -0.395 e. The first-order valence-electron chi connectivity index (χ1n) is 5.32. The van der Waals surface area contributed by atoms with Crippen molar-refractivity contribution in [2.75, 3.05) is 39.2 Å². The second kappa shape index (κ2) is 6.87. The number of nitrogen functional groups attached to an aromatic ring is 1. The lowest BCUT2D eigenvalue weighted by molar-refractivity contribution is 0.0692. The predicted octanol–water partition coefficient (Wildman–Crippen LogP) is -0.307. The average Bonchev–Trinajstić information content (AvgIpc) is 2.64. The summed E-state index contributed by atoms with van der Waals surface area (Å²) in [5, 5.41) is 9.14. The van der Waals surface area contributed by atoms with Crippen LogP contribution in [0.25, 0.3) is 0 Å². The smallest absolute Gasteiger partial charge is 0.274 e. The molecule has 0 bridgehead atoms. The summed E-state index contributed by atoms with van der Waals surface area (Å²) in [5.41, 5.74) is 6.96. The SMILES string of the molecule is COCCOCCNC(=O)c1n[nH]c(C)c1N. The molecule has 0 saturated heterocycles.